The Bertz CT molecular complexity index is 233. The van der Waals surface area contributed by atoms with Gasteiger partial charge in [-0.1, -0.05) is 20.3 Å². The van der Waals surface area contributed by atoms with Gasteiger partial charge in [0.1, 0.15) is 0 Å². The van der Waals surface area contributed by atoms with Gasteiger partial charge in [0.2, 0.25) is 5.91 Å². The first-order chi connectivity index (χ1) is 8.19. The summed E-state index contributed by atoms with van der Waals surface area (Å²) < 4.78 is 5.72. The minimum absolute atomic E-state index is 0.0941. The summed E-state index contributed by atoms with van der Waals surface area (Å²) in [6.07, 6.45) is 5.05. The minimum Gasteiger partial charge on any atom is -0.376 e. The van der Waals surface area contributed by atoms with Crippen molar-refractivity contribution in [3.63, 3.8) is 0 Å². The Hall–Kier alpha value is -0.610. The molecule has 0 aromatic carbocycles. The maximum Gasteiger partial charge on any atom is 0.239 e. The van der Waals surface area contributed by atoms with Gasteiger partial charge in [0.25, 0.3) is 0 Å². The predicted molar refractivity (Wildman–Crippen MR) is 68.7 cm³/mol. The number of carbonyl (C=O) groups is 1. The van der Waals surface area contributed by atoms with Crippen LogP contribution in [-0.2, 0) is 9.53 Å². The molecule has 100 valence electrons. The lowest BCUT2D eigenvalue weighted by molar-refractivity contribution is -0.136. The van der Waals surface area contributed by atoms with Gasteiger partial charge in [0.15, 0.2) is 0 Å². The molecule has 0 aromatic heterocycles. The standard InChI is InChI=1S/C13H26N2O2/c1-3-6-12(14)13(16)15-8-5-7-11(10-15)17-9-4-2/h11-12H,3-10,14H2,1-2H3/t11?,12-/m1/s1. The van der Waals surface area contributed by atoms with E-state index >= 15 is 0 Å². The third-order valence-electron chi connectivity index (χ3n) is 3.16. The van der Waals surface area contributed by atoms with Crippen LogP contribution >= 0.6 is 0 Å². The van der Waals surface area contributed by atoms with Crippen LogP contribution in [0.25, 0.3) is 0 Å². The first-order valence-corrected chi connectivity index (χ1v) is 6.85. The van der Waals surface area contributed by atoms with Gasteiger partial charge in [0, 0.05) is 19.7 Å². The number of amides is 1. The first kappa shape index (κ1) is 14.5. The average molecular weight is 242 g/mol. The fourth-order valence-corrected chi connectivity index (χ4v) is 2.23. The predicted octanol–water partition coefficient (Wildman–Crippen LogP) is 1.53. The molecule has 0 bridgehead atoms. The van der Waals surface area contributed by atoms with Crippen molar-refractivity contribution in [2.75, 3.05) is 19.7 Å². The summed E-state index contributed by atoms with van der Waals surface area (Å²) in [5.41, 5.74) is 5.87. The SMILES string of the molecule is CCCOC1CCCN(C(=O)[C@H](N)CCC)C1. The number of piperidine rings is 1. The largest absolute Gasteiger partial charge is 0.376 e. The molecule has 0 aliphatic carbocycles. The van der Waals surface area contributed by atoms with Crippen LogP contribution in [-0.4, -0.2) is 42.6 Å². The van der Waals surface area contributed by atoms with Gasteiger partial charge in [-0.3, -0.25) is 4.79 Å². The van der Waals surface area contributed by atoms with Crippen LogP contribution in [0.5, 0.6) is 0 Å². The van der Waals surface area contributed by atoms with E-state index in [2.05, 4.69) is 13.8 Å². The van der Waals surface area contributed by atoms with Crippen molar-refractivity contribution in [3.8, 4) is 0 Å². The van der Waals surface area contributed by atoms with Crippen molar-refractivity contribution >= 4 is 5.91 Å². The van der Waals surface area contributed by atoms with E-state index in [0.717, 1.165) is 51.8 Å². The molecule has 0 saturated carbocycles. The number of ether oxygens (including phenoxy) is 1. The summed E-state index contributed by atoms with van der Waals surface area (Å²) in [7, 11) is 0. The Kier molecular flexibility index (Phi) is 6.52. The van der Waals surface area contributed by atoms with Gasteiger partial charge >= 0.3 is 0 Å². The van der Waals surface area contributed by atoms with E-state index in [9.17, 15) is 4.79 Å². The molecule has 17 heavy (non-hydrogen) atoms. The van der Waals surface area contributed by atoms with Gasteiger partial charge in [-0.15, -0.1) is 0 Å². The van der Waals surface area contributed by atoms with E-state index in [1.807, 2.05) is 4.90 Å². The summed E-state index contributed by atoms with van der Waals surface area (Å²) >= 11 is 0. The van der Waals surface area contributed by atoms with E-state index < -0.39 is 0 Å². The van der Waals surface area contributed by atoms with Gasteiger partial charge in [-0.05, 0) is 25.7 Å². The molecule has 2 atom stereocenters. The molecule has 1 rings (SSSR count). The monoisotopic (exact) mass is 242 g/mol. The highest BCUT2D eigenvalue weighted by molar-refractivity contribution is 5.81. The third-order valence-corrected chi connectivity index (χ3v) is 3.16. The van der Waals surface area contributed by atoms with Crippen LogP contribution in [0, 0.1) is 0 Å². The zero-order valence-corrected chi connectivity index (χ0v) is 11.2. The minimum atomic E-state index is -0.329. The van der Waals surface area contributed by atoms with Gasteiger partial charge in [-0.25, -0.2) is 0 Å². The third kappa shape index (κ3) is 4.64. The zero-order chi connectivity index (χ0) is 12.7. The van der Waals surface area contributed by atoms with Crippen LogP contribution in [0.2, 0.25) is 0 Å². The quantitative estimate of drug-likeness (QED) is 0.768. The highest BCUT2D eigenvalue weighted by atomic mass is 16.5. The molecule has 2 N–H and O–H groups in total. The molecule has 1 aliphatic rings. The van der Waals surface area contributed by atoms with Crippen LogP contribution in [0.4, 0.5) is 0 Å². The fraction of sp³-hybridized carbons (Fsp3) is 0.923. The molecule has 4 heteroatoms. The van der Waals surface area contributed by atoms with E-state index in [0.29, 0.717) is 0 Å². The van der Waals surface area contributed by atoms with Crippen LogP contribution in [0.15, 0.2) is 0 Å². The van der Waals surface area contributed by atoms with Crippen LogP contribution < -0.4 is 5.73 Å². The molecule has 0 spiro atoms. The van der Waals surface area contributed by atoms with Crippen LogP contribution in [0.1, 0.15) is 46.0 Å². The molecule has 1 amide bonds. The molecule has 4 nitrogen and oxygen atoms in total. The molecule has 1 saturated heterocycles. The number of nitrogens with two attached hydrogens (primary N) is 1. The Morgan fingerprint density at radius 3 is 2.88 bits per heavy atom. The molecular weight excluding hydrogens is 216 g/mol. The van der Waals surface area contributed by atoms with E-state index in [1.165, 1.54) is 0 Å². The molecule has 1 unspecified atom stereocenters. The topological polar surface area (TPSA) is 55.6 Å². The number of hydrogen-bond acceptors (Lipinski definition) is 3. The summed E-state index contributed by atoms with van der Waals surface area (Å²) in [4.78, 5) is 13.9. The van der Waals surface area contributed by atoms with Gasteiger partial charge in [0.05, 0.1) is 12.1 Å². The highest BCUT2D eigenvalue weighted by Crippen LogP contribution is 2.15. The van der Waals surface area contributed by atoms with Crippen molar-refractivity contribution in [2.24, 2.45) is 5.73 Å². The first-order valence-electron chi connectivity index (χ1n) is 6.85. The second-order valence-electron chi connectivity index (χ2n) is 4.81. The normalized spacial score (nSPS) is 22.5. The lowest BCUT2D eigenvalue weighted by Gasteiger charge is -2.34. The Balaban J connectivity index is 2.39. The van der Waals surface area contributed by atoms with Crippen LogP contribution in [0.3, 0.4) is 0 Å². The average Bonchev–Trinajstić information content (AvgIpc) is 2.36. The maximum absolute atomic E-state index is 12.1. The number of carbonyl (C=O) groups excluding carboxylic acids is 1. The zero-order valence-electron chi connectivity index (χ0n) is 11.2. The molecule has 1 fully saturated rings. The highest BCUT2D eigenvalue weighted by Gasteiger charge is 2.26. The van der Waals surface area contributed by atoms with Gasteiger partial charge in [-0.2, -0.15) is 0 Å². The van der Waals surface area contributed by atoms with E-state index in [1.54, 1.807) is 0 Å². The summed E-state index contributed by atoms with van der Waals surface area (Å²) in [6.45, 7) is 6.49. The Labute approximate surface area is 104 Å². The number of hydrogen-bond donors (Lipinski definition) is 1. The number of rotatable bonds is 6. The Morgan fingerprint density at radius 1 is 1.47 bits per heavy atom. The molecule has 1 aliphatic heterocycles. The summed E-state index contributed by atoms with van der Waals surface area (Å²) in [6, 6.07) is -0.329. The molecule has 1 heterocycles. The van der Waals surface area contributed by atoms with Crippen molar-refractivity contribution in [2.45, 2.75) is 58.1 Å². The Morgan fingerprint density at radius 2 is 2.24 bits per heavy atom. The van der Waals surface area contributed by atoms with Gasteiger partial charge < -0.3 is 15.4 Å². The number of nitrogens with zero attached hydrogens (tertiary/aromatic N) is 1. The molecule has 0 radical (unpaired) electrons. The molecular formula is C13H26N2O2. The van der Waals surface area contributed by atoms with Crippen molar-refractivity contribution < 1.29 is 9.53 Å². The molecule has 0 aromatic rings. The summed E-state index contributed by atoms with van der Waals surface area (Å²) in [5, 5.41) is 0. The number of likely N-dealkylation sites (tertiary alicyclic amines) is 1. The van der Waals surface area contributed by atoms with Crippen molar-refractivity contribution in [1.29, 1.82) is 0 Å². The van der Waals surface area contributed by atoms with Crippen molar-refractivity contribution in [1.82, 2.24) is 4.90 Å². The van der Waals surface area contributed by atoms with E-state index in [4.69, 9.17) is 10.5 Å². The maximum atomic E-state index is 12.1. The van der Waals surface area contributed by atoms with Crippen molar-refractivity contribution in [3.05, 3.63) is 0 Å². The summed E-state index contributed by atoms with van der Waals surface area (Å²) in [5.74, 6) is 0.0941. The fourth-order valence-electron chi connectivity index (χ4n) is 2.23. The smallest absolute Gasteiger partial charge is 0.239 e. The lowest BCUT2D eigenvalue weighted by atomic mass is 10.1. The second kappa shape index (κ2) is 7.67. The van der Waals surface area contributed by atoms with E-state index in [-0.39, 0.29) is 18.1 Å². The second-order valence-corrected chi connectivity index (χ2v) is 4.81. The lowest BCUT2D eigenvalue weighted by Crippen LogP contribution is -2.49.